The van der Waals surface area contributed by atoms with Crippen molar-refractivity contribution in [3.8, 4) is 11.1 Å². The van der Waals surface area contributed by atoms with Crippen LogP contribution < -0.4 is 10.5 Å². The van der Waals surface area contributed by atoms with Crippen LogP contribution in [0.25, 0.3) is 22.2 Å². The van der Waals surface area contributed by atoms with Crippen LogP contribution >= 0.6 is 23.2 Å². The molecule has 2 aromatic heterocycles. The Morgan fingerprint density at radius 3 is 2.66 bits per heavy atom. The standard InChI is InChI=1S/C20H16Cl2FN5O3S/c1-28-7-15(17-19(24)25-9-26-20(17)28)10-3-13(23)6-14(4-10)27-32(30,31)16-5-12(21)2-11(8-29)18(16)22/h2-7,9,27,29H,8H2,1H3,(H2,24,25,26). The van der Waals surface area contributed by atoms with Gasteiger partial charge in [-0.3, -0.25) is 4.72 Å². The second-order valence-electron chi connectivity index (χ2n) is 6.98. The predicted molar refractivity (Wildman–Crippen MR) is 122 cm³/mol. The van der Waals surface area contributed by atoms with E-state index < -0.39 is 22.4 Å². The van der Waals surface area contributed by atoms with Crippen LogP contribution in [-0.2, 0) is 23.7 Å². The zero-order chi connectivity index (χ0) is 23.2. The lowest BCUT2D eigenvalue weighted by Gasteiger charge is -2.13. The van der Waals surface area contributed by atoms with Gasteiger partial charge in [0.15, 0.2) is 0 Å². The fraction of sp³-hybridized carbons (Fsp3) is 0.100. The van der Waals surface area contributed by atoms with Crippen molar-refractivity contribution >= 4 is 55.8 Å². The first kappa shape index (κ1) is 22.3. The van der Waals surface area contributed by atoms with E-state index in [9.17, 15) is 17.9 Å². The quantitative estimate of drug-likeness (QED) is 0.385. The van der Waals surface area contributed by atoms with Gasteiger partial charge < -0.3 is 15.4 Å². The molecule has 2 aromatic carbocycles. The summed E-state index contributed by atoms with van der Waals surface area (Å²) in [4.78, 5) is 7.83. The molecule has 0 amide bonds. The summed E-state index contributed by atoms with van der Waals surface area (Å²) in [6.45, 7) is -0.503. The second kappa shape index (κ2) is 8.21. The van der Waals surface area contributed by atoms with E-state index in [1.807, 2.05) is 0 Å². The molecule has 0 unspecified atom stereocenters. The number of hydrogen-bond donors (Lipinski definition) is 3. The number of fused-ring (bicyclic) bond motifs is 1. The normalized spacial score (nSPS) is 11.8. The average Bonchev–Trinajstić information content (AvgIpc) is 3.06. The van der Waals surface area contributed by atoms with Gasteiger partial charge in [-0.15, -0.1) is 0 Å². The van der Waals surface area contributed by atoms with Gasteiger partial charge >= 0.3 is 0 Å². The number of aliphatic hydroxyl groups excluding tert-OH is 1. The molecule has 32 heavy (non-hydrogen) atoms. The number of aliphatic hydroxyl groups is 1. The molecule has 4 rings (SSSR count). The van der Waals surface area contributed by atoms with Crippen molar-refractivity contribution in [1.29, 1.82) is 0 Å². The van der Waals surface area contributed by atoms with Crippen LogP contribution in [0.15, 0.2) is 47.8 Å². The molecule has 4 aromatic rings. The highest BCUT2D eigenvalue weighted by molar-refractivity contribution is 7.92. The van der Waals surface area contributed by atoms with Crippen molar-refractivity contribution < 1.29 is 17.9 Å². The maximum Gasteiger partial charge on any atom is 0.263 e. The van der Waals surface area contributed by atoms with Crippen LogP contribution in [0.1, 0.15) is 5.56 Å². The number of sulfonamides is 1. The van der Waals surface area contributed by atoms with Gasteiger partial charge in [-0.25, -0.2) is 22.8 Å². The predicted octanol–water partition coefficient (Wildman–Crippen LogP) is 3.96. The summed E-state index contributed by atoms with van der Waals surface area (Å²) < 4.78 is 44.4. The van der Waals surface area contributed by atoms with Crippen LogP contribution in [0.4, 0.5) is 15.9 Å². The molecular weight excluding hydrogens is 480 g/mol. The molecule has 0 saturated carbocycles. The molecule has 0 fully saturated rings. The van der Waals surface area contributed by atoms with Crippen molar-refractivity contribution in [3.63, 3.8) is 0 Å². The molecule has 0 aliphatic rings. The zero-order valence-corrected chi connectivity index (χ0v) is 18.8. The fourth-order valence-corrected chi connectivity index (χ4v) is 5.36. The number of hydrogen-bond acceptors (Lipinski definition) is 6. The lowest BCUT2D eigenvalue weighted by atomic mass is 10.1. The highest BCUT2D eigenvalue weighted by atomic mass is 35.5. The third kappa shape index (κ3) is 3.97. The number of nitrogens with two attached hydrogens (primary N) is 1. The molecule has 0 aliphatic heterocycles. The Kier molecular flexibility index (Phi) is 5.72. The monoisotopic (exact) mass is 495 g/mol. The van der Waals surface area contributed by atoms with E-state index in [0.29, 0.717) is 22.2 Å². The van der Waals surface area contributed by atoms with Gasteiger partial charge in [0.2, 0.25) is 0 Å². The summed E-state index contributed by atoms with van der Waals surface area (Å²) in [6, 6.07) is 6.23. The number of aryl methyl sites for hydroxylation is 1. The largest absolute Gasteiger partial charge is 0.392 e. The highest BCUT2D eigenvalue weighted by Gasteiger charge is 2.22. The van der Waals surface area contributed by atoms with Gasteiger partial charge in [0, 0.05) is 23.8 Å². The molecule has 4 N–H and O–H groups in total. The summed E-state index contributed by atoms with van der Waals surface area (Å²) in [7, 11) is -2.51. The van der Waals surface area contributed by atoms with Gasteiger partial charge in [-0.1, -0.05) is 23.2 Å². The third-order valence-electron chi connectivity index (χ3n) is 4.78. The summed E-state index contributed by atoms with van der Waals surface area (Å²) in [5, 5.41) is 9.81. The number of rotatable bonds is 5. The first-order valence-corrected chi connectivity index (χ1v) is 11.3. The van der Waals surface area contributed by atoms with Crippen LogP contribution in [0, 0.1) is 5.82 Å². The van der Waals surface area contributed by atoms with Gasteiger partial charge in [0.1, 0.15) is 28.5 Å². The van der Waals surface area contributed by atoms with Crippen LogP contribution in [0.3, 0.4) is 0 Å². The molecule has 0 bridgehead atoms. The van der Waals surface area contributed by atoms with Crippen molar-refractivity contribution in [2.24, 2.45) is 7.05 Å². The molecule has 0 radical (unpaired) electrons. The van der Waals surface area contributed by atoms with Gasteiger partial charge in [0.05, 0.1) is 22.7 Å². The van der Waals surface area contributed by atoms with Crippen LogP contribution in [0.5, 0.6) is 0 Å². The minimum atomic E-state index is -4.26. The smallest absolute Gasteiger partial charge is 0.263 e. The van der Waals surface area contributed by atoms with E-state index in [2.05, 4.69) is 14.7 Å². The number of benzene rings is 2. The SMILES string of the molecule is Cn1cc(-c2cc(F)cc(NS(=O)(=O)c3cc(Cl)cc(CO)c3Cl)c2)c2c(N)ncnc21. The Morgan fingerprint density at radius 2 is 1.94 bits per heavy atom. The molecule has 0 spiro atoms. The number of nitrogens with one attached hydrogen (secondary N) is 1. The lowest BCUT2D eigenvalue weighted by Crippen LogP contribution is -2.14. The average molecular weight is 496 g/mol. The van der Waals surface area contributed by atoms with Crippen LogP contribution in [-0.4, -0.2) is 28.1 Å². The Hall–Kier alpha value is -2.92. The molecule has 0 aliphatic carbocycles. The van der Waals surface area contributed by atoms with Crippen molar-refractivity contribution in [2.75, 3.05) is 10.5 Å². The van der Waals surface area contributed by atoms with Gasteiger partial charge in [-0.2, -0.15) is 0 Å². The zero-order valence-electron chi connectivity index (χ0n) is 16.5. The number of anilines is 2. The van der Waals surface area contributed by atoms with E-state index in [4.69, 9.17) is 28.9 Å². The minimum absolute atomic E-state index is 0.0472. The van der Waals surface area contributed by atoms with Gasteiger partial charge in [0.25, 0.3) is 10.0 Å². The summed E-state index contributed by atoms with van der Waals surface area (Å²) in [5.74, 6) is -0.472. The maximum atomic E-state index is 14.5. The third-order valence-corrected chi connectivity index (χ3v) is 6.97. The number of nitrogens with zero attached hydrogens (tertiary/aromatic N) is 3. The Labute approximate surface area is 192 Å². The van der Waals surface area contributed by atoms with Crippen LogP contribution in [0.2, 0.25) is 10.0 Å². The summed E-state index contributed by atoms with van der Waals surface area (Å²) in [5.41, 5.74) is 7.54. The molecule has 0 atom stereocenters. The highest BCUT2D eigenvalue weighted by Crippen LogP contribution is 2.35. The Balaban J connectivity index is 1.81. The number of halogens is 3. The molecule has 2 heterocycles. The maximum absolute atomic E-state index is 14.5. The molecule has 8 nitrogen and oxygen atoms in total. The van der Waals surface area contributed by atoms with Crippen molar-refractivity contribution in [1.82, 2.24) is 14.5 Å². The topological polar surface area (TPSA) is 123 Å². The van der Waals surface area contributed by atoms with E-state index in [-0.39, 0.29) is 32.0 Å². The number of nitrogen functional groups attached to an aromatic ring is 1. The van der Waals surface area contributed by atoms with E-state index >= 15 is 0 Å². The fourth-order valence-electron chi connectivity index (χ4n) is 3.40. The first-order valence-electron chi connectivity index (χ1n) is 9.09. The Morgan fingerprint density at radius 1 is 1.19 bits per heavy atom. The number of aromatic nitrogens is 3. The molecular formula is C20H16Cl2FN5O3S. The summed E-state index contributed by atoms with van der Waals surface area (Å²) in [6.07, 6.45) is 3.02. The van der Waals surface area contributed by atoms with E-state index in [0.717, 1.165) is 12.1 Å². The molecule has 12 heteroatoms. The van der Waals surface area contributed by atoms with E-state index in [1.54, 1.807) is 17.8 Å². The lowest BCUT2D eigenvalue weighted by molar-refractivity contribution is 0.281. The van der Waals surface area contributed by atoms with Gasteiger partial charge in [-0.05, 0) is 41.5 Å². The summed E-state index contributed by atoms with van der Waals surface area (Å²) >= 11 is 12.1. The minimum Gasteiger partial charge on any atom is -0.392 e. The first-order chi connectivity index (χ1) is 15.1. The second-order valence-corrected chi connectivity index (χ2v) is 9.45. The molecule has 166 valence electrons. The van der Waals surface area contributed by atoms with E-state index in [1.165, 1.54) is 24.5 Å². The molecule has 0 saturated heterocycles. The van der Waals surface area contributed by atoms with Crippen molar-refractivity contribution in [2.45, 2.75) is 11.5 Å². The van der Waals surface area contributed by atoms with Crippen molar-refractivity contribution in [3.05, 3.63) is 64.3 Å². The Bertz CT molecular complexity index is 1470.